The summed E-state index contributed by atoms with van der Waals surface area (Å²) >= 11 is 1.81. The van der Waals surface area contributed by atoms with Crippen LogP contribution >= 0.6 is 11.3 Å². The molecule has 1 aliphatic carbocycles. The fraction of sp³-hybridized carbons (Fsp3) is 0.435. The minimum absolute atomic E-state index is 0.0121. The zero-order valence-corrected chi connectivity index (χ0v) is 16.9. The summed E-state index contributed by atoms with van der Waals surface area (Å²) in [6.07, 6.45) is 7.97. The number of hydrogen-bond donors (Lipinski definition) is 2. The molecule has 4 nitrogen and oxygen atoms in total. The molecule has 4 atom stereocenters. The average Bonchev–Trinajstić information content (AvgIpc) is 3.46. The molecule has 1 aromatic heterocycles. The smallest absolute Gasteiger partial charge is 0.253 e. The highest BCUT2D eigenvalue weighted by Gasteiger charge is 2.40. The van der Waals surface area contributed by atoms with Gasteiger partial charge in [-0.3, -0.25) is 4.79 Å². The summed E-state index contributed by atoms with van der Waals surface area (Å²) in [7, 11) is 0. The fourth-order valence-corrected chi connectivity index (χ4v) is 5.93. The standard InChI is InChI=1S/C23H26N2O2S/c1-14-10-12-28-22(14)21-18-8-2-6-16(18)17-7-3-9-19(20(17)25-21)23(26)24-13-15-5-4-11-27-15/h2-3,6-7,9-10,12,15-16,18,21,25H,4-5,8,11,13H2,1H3,(H,24,26). The molecule has 2 N–H and O–H groups in total. The molecule has 28 heavy (non-hydrogen) atoms. The monoisotopic (exact) mass is 394 g/mol. The molecule has 0 spiro atoms. The molecule has 3 heterocycles. The zero-order valence-electron chi connectivity index (χ0n) is 16.1. The van der Waals surface area contributed by atoms with Crippen LogP contribution in [-0.2, 0) is 4.74 Å². The second-order valence-electron chi connectivity index (χ2n) is 8.06. The predicted octanol–water partition coefficient (Wildman–Crippen LogP) is 4.79. The molecule has 2 aromatic rings. The van der Waals surface area contributed by atoms with Crippen LogP contribution in [0.25, 0.3) is 0 Å². The van der Waals surface area contributed by atoms with Crippen molar-refractivity contribution in [3.05, 3.63) is 63.4 Å². The maximum absolute atomic E-state index is 13.0. The number of allylic oxidation sites excluding steroid dienone is 2. The van der Waals surface area contributed by atoms with Crippen LogP contribution in [0.2, 0.25) is 0 Å². The van der Waals surface area contributed by atoms with Crippen LogP contribution < -0.4 is 10.6 Å². The number of amides is 1. The molecule has 1 saturated heterocycles. The summed E-state index contributed by atoms with van der Waals surface area (Å²) in [5, 5.41) is 9.03. The second-order valence-corrected chi connectivity index (χ2v) is 9.01. The first-order chi connectivity index (χ1) is 13.7. The number of nitrogens with one attached hydrogen (secondary N) is 2. The maximum atomic E-state index is 13.0. The molecule has 4 unspecified atom stereocenters. The zero-order chi connectivity index (χ0) is 19.1. The molecule has 0 saturated carbocycles. The Kier molecular flexibility index (Phi) is 4.73. The highest BCUT2D eigenvalue weighted by atomic mass is 32.1. The molecule has 0 bridgehead atoms. The fourth-order valence-electron chi connectivity index (χ4n) is 4.88. The third-order valence-electron chi connectivity index (χ3n) is 6.34. The first-order valence-electron chi connectivity index (χ1n) is 10.2. The van der Waals surface area contributed by atoms with Gasteiger partial charge in [0.05, 0.1) is 23.4 Å². The van der Waals surface area contributed by atoms with Gasteiger partial charge in [0.15, 0.2) is 0 Å². The highest BCUT2D eigenvalue weighted by Crippen LogP contribution is 2.51. The van der Waals surface area contributed by atoms with Gasteiger partial charge in [-0.15, -0.1) is 11.3 Å². The Hall–Kier alpha value is -2.11. The average molecular weight is 395 g/mol. The van der Waals surface area contributed by atoms with Crippen molar-refractivity contribution in [2.24, 2.45) is 5.92 Å². The minimum atomic E-state index is -0.0121. The molecule has 1 fully saturated rings. The van der Waals surface area contributed by atoms with Crippen molar-refractivity contribution in [2.75, 3.05) is 18.5 Å². The largest absolute Gasteiger partial charge is 0.376 e. The van der Waals surface area contributed by atoms with Crippen LogP contribution in [0, 0.1) is 12.8 Å². The topological polar surface area (TPSA) is 50.4 Å². The van der Waals surface area contributed by atoms with Gasteiger partial charge in [0.1, 0.15) is 0 Å². The number of benzene rings is 1. The Balaban J connectivity index is 1.46. The van der Waals surface area contributed by atoms with Gasteiger partial charge in [0, 0.05) is 23.9 Å². The van der Waals surface area contributed by atoms with Gasteiger partial charge in [-0.05, 0) is 60.7 Å². The van der Waals surface area contributed by atoms with E-state index in [-0.39, 0.29) is 18.1 Å². The van der Waals surface area contributed by atoms with Crippen molar-refractivity contribution in [3.63, 3.8) is 0 Å². The Bertz CT molecular complexity index is 913. The number of fused-ring (bicyclic) bond motifs is 3. The molecular weight excluding hydrogens is 368 g/mol. The Morgan fingerprint density at radius 1 is 1.36 bits per heavy atom. The van der Waals surface area contributed by atoms with Crippen molar-refractivity contribution < 1.29 is 9.53 Å². The van der Waals surface area contributed by atoms with E-state index in [4.69, 9.17) is 4.74 Å². The number of rotatable bonds is 4. The van der Waals surface area contributed by atoms with E-state index in [0.29, 0.717) is 18.4 Å². The van der Waals surface area contributed by atoms with E-state index in [0.717, 1.165) is 37.1 Å². The predicted molar refractivity (Wildman–Crippen MR) is 113 cm³/mol. The molecule has 3 aliphatic rings. The van der Waals surface area contributed by atoms with Crippen LogP contribution in [0.5, 0.6) is 0 Å². The van der Waals surface area contributed by atoms with Crippen LogP contribution in [0.1, 0.15) is 57.6 Å². The van der Waals surface area contributed by atoms with E-state index >= 15 is 0 Å². The van der Waals surface area contributed by atoms with E-state index in [1.165, 1.54) is 16.0 Å². The van der Waals surface area contributed by atoms with Gasteiger partial charge < -0.3 is 15.4 Å². The minimum Gasteiger partial charge on any atom is -0.376 e. The van der Waals surface area contributed by atoms with Crippen LogP contribution in [-0.4, -0.2) is 25.2 Å². The third-order valence-corrected chi connectivity index (χ3v) is 7.44. The lowest BCUT2D eigenvalue weighted by molar-refractivity contribution is 0.0858. The van der Waals surface area contributed by atoms with Crippen LogP contribution in [0.3, 0.4) is 0 Å². The van der Waals surface area contributed by atoms with E-state index in [1.807, 2.05) is 23.5 Å². The number of carbonyl (C=O) groups excluding carboxylic acids is 1. The van der Waals surface area contributed by atoms with Crippen molar-refractivity contribution in [1.29, 1.82) is 0 Å². The van der Waals surface area contributed by atoms with Crippen molar-refractivity contribution in [2.45, 2.75) is 44.2 Å². The van der Waals surface area contributed by atoms with E-state index in [2.05, 4.69) is 47.2 Å². The van der Waals surface area contributed by atoms with Gasteiger partial charge >= 0.3 is 0 Å². The van der Waals surface area contributed by atoms with Gasteiger partial charge in [-0.25, -0.2) is 0 Å². The number of para-hydroxylation sites is 1. The quantitative estimate of drug-likeness (QED) is 0.733. The third kappa shape index (κ3) is 3.07. The lowest BCUT2D eigenvalue weighted by Crippen LogP contribution is -2.34. The Labute approximate surface area is 170 Å². The molecule has 1 aromatic carbocycles. The van der Waals surface area contributed by atoms with E-state index in [9.17, 15) is 4.79 Å². The number of hydrogen-bond acceptors (Lipinski definition) is 4. The van der Waals surface area contributed by atoms with Crippen molar-refractivity contribution in [3.8, 4) is 0 Å². The van der Waals surface area contributed by atoms with Gasteiger partial charge in [0.2, 0.25) is 0 Å². The first-order valence-corrected chi connectivity index (χ1v) is 11.1. The van der Waals surface area contributed by atoms with E-state index < -0.39 is 0 Å². The lowest BCUT2D eigenvalue weighted by Gasteiger charge is -2.38. The normalized spacial score (nSPS) is 27.9. The SMILES string of the molecule is Cc1ccsc1C1Nc2c(C(=O)NCC3CCCO3)cccc2C2C=CCC21. The Morgan fingerprint density at radius 2 is 2.29 bits per heavy atom. The molecule has 146 valence electrons. The number of carbonyl (C=O) groups is 1. The second kappa shape index (κ2) is 7.37. The molecule has 1 amide bonds. The molecule has 5 rings (SSSR count). The van der Waals surface area contributed by atoms with Crippen molar-refractivity contribution >= 4 is 22.9 Å². The number of anilines is 1. The Morgan fingerprint density at radius 3 is 3.07 bits per heavy atom. The van der Waals surface area contributed by atoms with Crippen LogP contribution in [0.4, 0.5) is 5.69 Å². The first kappa shape index (κ1) is 18.0. The number of aryl methyl sites for hydroxylation is 1. The summed E-state index contributed by atoms with van der Waals surface area (Å²) in [5.41, 5.74) is 4.32. The van der Waals surface area contributed by atoms with Crippen molar-refractivity contribution in [1.82, 2.24) is 5.32 Å². The lowest BCUT2D eigenvalue weighted by atomic mass is 9.77. The molecule has 2 aliphatic heterocycles. The summed E-state index contributed by atoms with van der Waals surface area (Å²) in [6, 6.07) is 8.56. The van der Waals surface area contributed by atoms with E-state index in [1.54, 1.807) is 0 Å². The summed E-state index contributed by atoms with van der Waals surface area (Å²) < 4.78 is 5.65. The summed E-state index contributed by atoms with van der Waals surface area (Å²) in [4.78, 5) is 14.4. The molecular formula is C23H26N2O2S. The molecule has 5 heteroatoms. The maximum Gasteiger partial charge on any atom is 0.253 e. The summed E-state index contributed by atoms with van der Waals surface area (Å²) in [5.74, 6) is 0.866. The van der Waals surface area contributed by atoms with Gasteiger partial charge in [-0.2, -0.15) is 0 Å². The number of ether oxygens (including phenoxy) is 1. The molecule has 0 radical (unpaired) electrons. The van der Waals surface area contributed by atoms with Gasteiger partial charge in [0.25, 0.3) is 5.91 Å². The van der Waals surface area contributed by atoms with Crippen LogP contribution in [0.15, 0.2) is 41.8 Å². The van der Waals surface area contributed by atoms with Gasteiger partial charge in [-0.1, -0.05) is 24.3 Å². The summed E-state index contributed by atoms with van der Waals surface area (Å²) in [6.45, 7) is 3.57. The highest BCUT2D eigenvalue weighted by molar-refractivity contribution is 7.10. The number of thiophene rings is 1.